The van der Waals surface area contributed by atoms with E-state index in [2.05, 4.69) is 4.98 Å². The number of nitrogens with zero attached hydrogens (tertiary/aromatic N) is 3. The molecule has 1 aromatic heterocycles. The first-order chi connectivity index (χ1) is 12.6. The standard InChI is InChI=1S/C20H24FN3O2/c21-17-5-6-22-9-16(17)14-10-23(11-14)20(26)18-3-2-15-8-13-7-12(13)1-4-19(25)24(15)18/h5-6,9,12-15,18H,1-4,7-8,10-11H2/t12-,13+,15-,18+/m1/s1. The van der Waals surface area contributed by atoms with Crippen molar-refractivity contribution < 1.29 is 14.0 Å². The van der Waals surface area contributed by atoms with Gasteiger partial charge >= 0.3 is 0 Å². The molecular weight excluding hydrogens is 333 g/mol. The van der Waals surface area contributed by atoms with Gasteiger partial charge in [-0.2, -0.15) is 0 Å². The van der Waals surface area contributed by atoms with Gasteiger partial charge in [0, 0.05) is 49.4 Å². The van der Waals surface area contributed by atoms with Crippen molar-refractivity contribution in [1.29, 1.82) is 0 Å². The monoisotopic (exact) mass is 357 g/mol. The Hall–Kier alpha value is -1.98. The first-order valence-corrected chi connectivity index (χ1v) is 9.81. The lowest BCUT2D eigenvalue weighted by molar-refractivity contribution is -0.148. The molecule has 0 spiro atoms. The maximum atomic E-state index is 13.9. The number of amides is 2. The molecule has 0 bridgehead atoms. The summed E-state index contributed by atoms with van der Waals surface area (Å²) < 4.78 is 13.9. The molecule has 0 radical (unpaired) electrons. The summed E-state index contributed by atoms with van der Waals surface area (Å²) >= 11 is 0. The smallest absolute Gasteiger partial charge is 0.245 e. The lowest BCUT2D eigenvalue weighted by Crippen LogP contribution is -2.56. The summed E-state index contributed by atoms with van der Waals surface area (Å²) in [7, 11) is 0. The highest BCUT2D eigenvalue weighted by atomic mass is 19.1. The molecule has 0 unspecified atom stereocenters. The molecule has 2 amide bonds. The van der Waals surface area contributed by atoms with Crippen LogP contribution < -0.4 is 0 Å². The highest BCUT2D eigenvalue weighted by Gasteiger charge is 2.49. The van der Waals surface area contributed by atoms with E-state index in [0.29, 0.717) is 25.1 Å². The van der Waals surface area contributed by atoms with Gasteiger partial charge in [-0.05, 0) is 50.0 Å². The molecule has 3 saturated heterocycles. The second-order valence-electron chi connectivity index (χ2n) is 8.42. The van der Waals surface area contributed by atoms with Gasteiger partial charge in [-0.25, -0.2) is 4.39 Å². The van der Waals surface area contributed by atoms with Gasteiger partial charge in [-0.15, -0.1) is 0 Å². The van der Waals surface area contributed by atoms with Crippen LogP contribution in [0.4, 0.5) is 4.39 Å². The highest BCUT2D eigenvalue weighted by Crippen LogP contribution is 2.49. The van der Waals surface area contributed by atoms with Crippen LogP contribution in [0.25, 0.3) is 0 Å². The molecule has 4 fully saturated rings. The van der Waals surface area contributed by atoms with Crippen LogP contribution in [0.1, 0.15) is 50.0 Å². The Bertz CT molecular complexity index is 748. The number of hydrogen-bond acceptors (Lipinski definition) is 3. The molecule has 1 saturated carbocycles. The van der Waals surface area contributed by atoms with Gasteiger partial charge in [0.2, 0.25) is 11.8 Å². The normalized spacial score (nSPS) is 33.8. The Morgan fingerprint density at radius 1 is 1.15 bits per heavy atom. The maximum absolute atomic E-state index is 13.9. The summed E-state index contributed by atoms with van der Waals surface area (Å²) in [5, 5.41) is 0. The van der Waals surface area contributed by atoms with Crippen molar-refractivity contribution in [3.8, 4) is 0 Å². The molecule has 3 aliphatic heterocycles. The Kier molecular flexibility index (Phi) is 3.76. The molecular formula is C20H24FN3O2. The predicted octanol–water partition coefficient (Wildman–Crippen LogP) is 2.33. The lowest BCUT2D eigenvalue weighted by atomic mass is 9.91. The zero-order valence-electron chi connectivity index (χ0n) is 14.8. The molecule has 0 aromatic carbocycles. The van der Waals surface area contributed by atoms with Crippen molar-refractivity contribution in [2.75, 3.05) is 13.1 Å². The molecule has 4 atom stereocenters. The first kappa shape index (κ1) is 16.2. The van der Waals surface area contributed by atoms with E-state index in [9.17, 15) is 14.0 Å². The fraction of sp³-hybridized carbons (Fsp3) is 0.650. The van der Waals surface area contributed by atoms with E-state index in [1.807, 2.05) is 4.90 Å². The van der Waals surface area contributed by atoms with Crippen LogP contribution in [-0.2, 0) is 9.59 Å². The van der Waals surface area contributed by atoms with Crippen LogP contribution in [0, 0.1) is 17.7 Å². The van der Waals surface area contributed by atoms with E-state index in [1.165, 1.54) is 18.7 Å². The van der Waals surface area contributed by atoms with Crippen molar-refractivity contribution in [3.05, 3.63) is 29.8 Å². The number of pyridine rings is 1. The third-order valence-corrected chi connectivity index (χ3v) is 6.88. The second kappa shape index (κ2) is 6.03. The minimum absolute atomic E-state index is 0.0140. The largest absolute Gasteiger partial charge is 0.340 e. The summed E-state index contributed by atoms with van der Waals surface area (Å²) in [5.74, 6) is 1.49. The number of hydrogen-bond donors (Lipinski definition) is 0. The summed E-state index contributed by atoms with van der Waals surface area (Å²) in [6.45, 7) is 1.05. The zero-order valence-corrected chi connectivity index (χ0v) is 14.8. The molecule has 4 aliphatic rings. The Balaban J connectivity index is 1.26. The van der Waals surface area contributed by atoms with Crippen LogP contribution in [-0.4, -0.2) is 51.8 Å². The molecule has 138 valence electrons. The third-order valence-electron chi connectivity index (χ3n) is 6.88. The molecule has 6 heteroatoms. The number of rotatable bonds is 2. The third kappa shape index (κ3) is 2.61. The van der Waals surface area contributed by atoms with Crippen molar-refractivity contribution in [3.63, 3.8) is 0 Å². The molecule has 1 aromatic rings. The van der Waals surface area contributed by atoms with Crippen LogP contribution in [0.5, 0.6) is 0 Å². The number of halogens is 1. The van der Waals surface area contributed by atoms with Gasteiger partial charge in [0.1, 0.15) is 11.9 Å². The summed E-state index contributed by atoms with van der Waals surface area (Å²) in [5.41, 5.74) is 0.586. The number of aromatic nitrogens is 1. The van der Waals surface area contributed by atoms with Crippen LogP contribution in [0.15, 0.2) is 18.5 Å². The van der Waals surface area contributed by atoms with Crippen molar-refractivity contribution in [2.45, 2.75) is 56.5 Å². The van der Waals surface area contributed by atoms with Gasteiger partial charge < -0.3 is 9.80 Å². The molecule has 1 aliphatic carbocycles. The van der Waals surface area contributed by atoms with E-state index in [1.54, 1.807) is 11.1 Å². The molecule has 26 heavy (non-hydrogen) atoms. The van der Waals surface area contributed by atoms with Crippen LogP contribution in [0.2, 0.25) is 0 Å². The lowest BCUT2D eigenvalue weighted by Gasteiger charge is -2.42. The predicted molar refractivity (Wildman–Crippen MR) is 92.6 cm³/mol. The minimum atomic E-state index is -0.303. The van der Waals surface area contributed by atoms with Gasteiger partial charge in [0.25, 0.3) is 0 Å². The van der Waals surface area contributed by atoms with Gasteiger partial charge in [0.05, 0.1) is 0 Å². The molecule has 5 nitrogen and oxygen atoms in total. The maximum Gasteiger partial charge on any atom is 0.245 e. The average molecular weight is 357 g/mol. The Labute approximate surface area is 152 Å². The minimum Gasteiger partial charge on any atom is -0.340 e. The van der Waals surface area contributed by atoms with Gasteiger partial charge in [0.15, 0.2) is 0 Å². The molecule has 4 heterocycles. The summed E-state index contributed by atoms with van der Waals surface area (Å²) in [4.78, 5) is 33.4. The van der Waals surface area contributed by atoms with E-state index >= 15 is 0 Å². The Morgan fingerprint density at radius 3 is 2.81 bits per heavy atom. The van der Waals surface area contributed by atoms with Crippen molar-refractivity contribution in [1.82, 2.24) is 14.8 Å². The van der Waals surface area contributed by atoms with Gasteiger partial charge in [-0.3, -0.25) is 14.6 Å². The summed E-state index contributed by atoms with van der Waals surface area (Å²) in [6, 6.07) is 1.31. The molecule has 0 N–H and O–H groups in total. The van der Waals surface area contributed by atoms with E-state index < -0.39 is 0 Å². The van der Waals surface area contributed by atoms with E-state index in [0.717, 1.165) is 37.5 Å². The fourth-order valence-electron chi connectivity index (χ4n) is 5.23. The van der Waals surface area contributed by atoms with E-state index in [-0.39, 0.29) is 35.6 Å². The van der Waals surface area contributed by atoms with E-state index in [4.69, 9.17) is 0 Å². The van der Waals surface area contributed by atoms with Crippen LogP contribution in [0.3, 0.4) is 0 Å². The number of fused-ring (bicyclic) bond motifs is 2. The summed E-state index contributed by atoms with van der Waals surface area (Å²) in [6.07, 6.45) is 8.63. The SMILES string of the molecule is O=C([C@@H]1CC[C@@H]2C[C@@H]3C[C@H]3CCC(=O)N21)N1CC(c2cnccc2F)C1. The zero-order chi connectivity index (χ0) is 17.8. The van der Waals surface area contributed by atoms with Crippen LogP contribution >= 0.6 is 0 Å². The number of likely N-dealkylation sites (tertiary alicyclic amines) is 1. The van der Waals surface area contributed by atoms with Crippen molar-refractivity contribution in [2.24, 2.45) is 11.8 Å². The molecule has 5 rings (SSSR count). The highest BCUT2D eigenvalue weighted by molar-refractivity contribution is 5.89. The van der Waals surface area contributed by atoms with Crippen molar-refractivity contribution >= 4 is 11.8 Å². The average Bonchev–Trinajstić information content (AvgIpc) is 3.17. The number of carbonyl (C=O) groups excluding carboxylic acids is 2. The topological polar surface area (TPSA) is 53.5 Å². The quantitative estimate of drug-likeness (QED) is 0.816. The number of carbonyl (C=O) groups is 2. The fourth-order valence-corrected chi connectivity index (χ4v) is 5.23. The first-order valence-electron chi connectivity index (χ1n) is 9.81. The Morgan fingerprint density at radius 2 is 2.00 bits per heavy atom. The second-order valence-corrected chi connectivity index (χ2v) is 8.42. The van der Waals surface area contributed by atoms with Gasteiger partial charge in [-0.1, -0.05) is 0 Å².